The molecule has 2 atom stereocenters. The third-order valence-electron chi connectivity index (χ3n) is 2.38. The number of rotatable bonds is 7. The average molecular weight is 255 g/mol. The molecule has 2 unspecified atom stereocenters. The van der Waals surface area contributed by atoms with Crippen LogP contribution in [-0.4, -0.2) is 30.5 Å². The number of carbonyl (C=O) groups is 1. The van der Waals surface area contributed by atoms with Gasteiger partial charge in [-0.3, -0.25) is 4.79 Å². The van der Waals surface area contributed by atoms with Crippen LogP contribution in [0.25, 0.3) is 0 Å². The van der Waals surface area contributed by atoms with E-state index in [1.807, 2.05) is 13.8 Å². The van der Waals surface area contributed by atoms with Crippen LogP contribution < -0.4 is 11.1 Å². The van der Waals surface area contributed by atoms with E-state index in [1.165, 1.54) is 0 Å². The van der Waals surface area contributed by atoms with Gasteiger partial charge in [-0.1, -0.05) is 20.3 Å². The van der Waals surface area contributed by atoms with Crippen LogP contribution in [0.1, 0.15) is 26.7 Å². The van der Waals surface area contributed by atoms with Crippen LogP contribution in [0.4, 0.5) is 0 Å². The Balaban J connectivity index is 0. The molecule has 0 radical (unpaired) electrons. The fraction of sp³-hybridized carbons (Fsp3) is 0.900. The molecule has 0 saturated heterocycles. The monoisotopic (exact) mass is 254 g/mol. The average Bonchev–Trinajstić information content (AvgIpc) is 2.21. The van der Waals surface area contributed by atoms with Crippen LogP contribution in [0.3, 0.4) is 0 Å². The van der Waals surface area contributed by atoms with Gasteiger partial charge in [-0.2, -0.15) is 11.8 Å². The van der Waals surface area contributed by atoms with E-state index in [1.54, 1.807) is 11.8 Å². The quantitative estimate of drug-likeness (QED) is 0.680. The predicted molar refractivity (Wildman–Crippen MR) is 70.7 cm³/mol. The molecule has 3 nitrogen and oxygen atoms in total. The molecule has 0 saturated carbocycles. The standard InChI is InChI=1S/C10H22N2OS.ClH/c1-4-8(2)9(11)10(13)12-6-5-7-14-3;/h8-9H,4-7,11H2,1-3H3,(H,12,13);1H. The summed E-state index contributed by atoms with van der Waals surface area (Å²) in [7, 11) is 0. The van der Waals surface area contributed by atoms with Gasteiger partial charge in [0.05, 0.1) is 6.04 Å². The van der Waals surface area contributed by atoms with Crippen LogP contribution in [0.15, 0.2) is 0 Å². The second kappa shape index (κ2) is 10.6. The minimum atomic E-state index is -0.353. The molecule has 0 spiro atoms. The Labute approximate surface area is 103 Å². The van der Waals surface area contributed by atoms with Gasteiger partial charge in [0.15, 0.2) is 0 Å². The summed E-state index contributed by atoms with van der Waals surface area (Å²) in [6, 6.07) is -0.353. The summed E-state index contributed by atoms with van der Waals surface area (Å²) in [5, 5.41) is 2.86. The molecule has 5 heteroatoms. The minimum absolute atomic E-state index is 0. The molecule has 92 valence electrons. The number of hydrogen-bond donors (Lipinski definition) is 2. The lowest BCUT2D eigenvalue weighted by atomic mass is 9.99. The fourth-order valence-corrected chi connectivity index (χ4v) is 1.49. The molecule has 15 heavy (non-hydrogen) atoms. The lowest BCUT2D eigenvalue weighted by Crippen LogP contribution is -2.44. The largest absolute Gasteiger partial charge is 0.355 e. The molecule has 0 fully saturated rings. The van der Waals surface area contributed by atoms with Crippen LogP contribution >= 0.6 is 24.2 Å². The first-order valence-corrected chi connectivity index (χ1v) is 6.55. The van der Waals surface area contributed by atoms with Gasteiger partial charge in [0, 0.05) is 6.54 Å². The van der Waals surface area contributed by atoms with E-state index < -0.39 is 0 Å². The van der Waals surface area contributed by atoms with Gasteiger partial charge < -0.3 is 11.1 Å². The highest BCUT2D eigenvalue weighted by molar-refractivity contribution is 7.98. The third-order valence-corrected chi connectivity index (χ3v) is 3.08. The van der Waals surface area contributed by atoms with E-state index in [-0.39, 0.29) is 30.3 Å². The van der Waals surface area contributed by atoms with Crippen molar-refractivity contribution in [3.05, 3.63) is 0 Å². The second-order valence-electron chi connectivity index (χ2n) is 3.55. The second-order valence-corrected chi connectivity index (χ2v) is 4.53. The minimum Gasteiger partial charge on any atom is -0.355 e. The van der Waals surface area contributed by atoms with E-state index in [2.05, 4.69) is 11.6 Å². The molecule has 0 aromatic carbocycles. The molecule has 0 aliphatic heterocycles. The predicted octanol–water partition coefficient (Wildman–Crippen LogP) is 1.65. The van der Waals surface area contributed by atoms with Crippen molar-refractivity contribution in [3.8, 4) is 0 Å². The van der Waals surface area contributed by atoms with Gasteiger partial charge in [-0.05, 0) is 24.3 Å². The molecule has 0 aliphatic carbocycles. The summed E-state index contributed by atoms with van der Waals surface area (Å²) in [6.45, 7) is 4.79. The van der Waals surface area contributed by atoms with Crippen molar-refractivity contribution in [1.82, 2.24) is 5.32 Å². The van der Waals surface area contributed by atoms with Crippen molar-refractivity contribution >= 4 is 30.1 Å². The van der Waals surface area contributed by atoms with E-state index in [0.29, 0.717) is 0 Å². The fourth-order valence-electron chi connectivity index (χ4n) is 1.06. The van der Waals surface area contributed by atoms with E-state index in [0.717, 1.165) is 25.1 Å². The first kappa shape index (κ1) is 17.5. The smallest absolute Gasteiger partial charge is 0.237 e. The molecule has 0 heterocycles. The Morgan fingerprint density at radius 2 is 2.13 bits per heavy atom. The Morgan fingerprint density at radius 3 is 2.60 bits per heavy atom. The molecule has 0 aromatic heterocycles. The van der Waals surface area contributed by atoms with Crippen molar-refractivity contribution in [2.45, 2.75) is 32.7 Å². The summed E-state index contributed by atoms with van der Waals surface area (Å²) in [5.74, 6) is 1.33. The van der Waals surface area contributed by atoms with Gasteiger partial charge >= 0.3 is 0 Å². The molecular weight excluding hydrogens is 232 g/mol. The van der Waals surface area contributed by atoms with Gasteiger partial charge in [0.25, 0.3) is 0 Å². The Hall–Kier alpha value is 0.0700. The maximum atomic E-state index is 11.5. The van der Waals surface area contributed by atoms with Gasteiger partial charge in [0.2, 0.25) is 5.91 Å². The summed E-state index contributed by atoms with van der Waals surface area (Å²) in [6.07, 6.45) is 4.02. The van der Waals surface area contributed by atoms with Crippen molar-refractivity contribution in [3.63, 3.8) is 0 Å². The zero-order valence-electron chi connectivity index (χ0n) is 9.79. The molecule has 0 rings (SSSR count). The lowest BCUT2D eigenvalue weighted by molar-refractivity contribution is -0.123. The Morgan fingerprint density at radius 1 is 1.53 bits per heavy atom. The third kappa shape index (κ3) is 7.94. The zero-order valence-corrected chi connectivity index (χ0v) is 11.4. The molecule has 1 amide bonds. The first-order chi connectivity index (χ1) is 6.63. The number of amides is 1. The highest BCUT2D eigenvalue weighted by Crippen LogP contribution is 2.04. The maximum absolute atomic E-state index is 11.5. The molecule has 0 aliphatic rings. The molecule has 3 N–H and O–H groups in total. The summed E-state index contributed by atoms with van der Waals surface area (Å²) in [4.78, 5) is 11.5. The number of hydrogen-bond acceptors (Lipinski definition) is 3. The summed E-state index contributed by atoms with van der Waals surface area (Å²) < 4.78 is 0. The Kier molecular flexibility index (Phi) is 12.3. The molecule has 0 bridgehead atoms. The Bertz CT molecular complexity index is 170. The van der Waals surface area contributed by atoms with E-state index >= 15 is 0 Å². The topological polar surface area (TPSA) is 55.1 Å². The summed E-state index contributed by atoms with van der Waals surface area (Å²) in [5.41, 5.74) is 5.77. The first-order valence-electron chi connectivity index (χ1n) is 5.15. The normalized spacial score (nSPS) is 13.9. The van der Waals surface area contributed by atoms with Gasteiger partial charge in [0.1, 0.15) is 0 Å². The summed E-state index contributed by atoms with van der Waals surface area (Å²) >= 11 is 1.79. The number of halogens is 1. The van der Waals surface area contributed by atoms with E-state index in [4.69, 9.17) is 5.73 Å². The van der Waals surface area contributed by atoms with E-state index in [9.17, 15) is 4.79 Å². The van der Waals surface area contributed by atoms with Crippen molar-refractivity contribution in [2.24, 2.45) is 11.7 Å². The van der Waals surface area contributed by atoms with Crippen LogP contribution in [0.5, 0.6) is 0 Å². The highest BCUT2D eigenvalue weighted by Gasteiger charge is 2.18. The van der Waals surface area contributed by atoms with Crippen LogP contribution in [0, 0.1) is 5.92 Å². The SMILES string of the molecule is CCC(C)C(N)C(=O)NCCCSC.Cl. The highest BCUT2D eigenvalue weighted by atomic mass is 35.5. The number of thioether (sulfide) groups is 1. The number of nitrogens with one attached hydrogen (secondary N) is 1. The van der Waals surface area contributed by atoms with Crippen molar-refractivity contribution in [1.29, 1.82) is 0 Å². The van der Waals surface area contributed by atoms with Crippen LogP contribution in [-0.2, 0) is 4.79 Å². The lowest BCUT2D eigenvalue weighted by Gasteiger charge is -2.17. The maximum Gasteiger partial charge on any atom is 0.237 e. The van der Waals surface area contributed by atoms with Gasteiger partial charge in [-0.15, -0.1) is 12.4 Å². The van der Waals surface area contributed by atoms with Crippen molar-refractivity contribution in [2.75, 3.05) is 18.6 Å². The molecular formula is C10H23ClN2OS. The van der Waals surface area contributed by atoms with Crippen LogP contribution in [0.2, 0.25) is 0 Å². The molecule has 0 aromatic rings. The van der Waals surface area contributed by atoms with Crippen molar-refractivity contribution < 1.29 is 4.79 Å². The number of nitrogens with two attached hydrogens (primary N) is 1. The zero-order chi connectivity index (χ0) is 11.0. The number of carbonyl (C=O) groups excluding carboxylic acids is 1. The van der Waals surface area contributed by atoms with Gasteiger partial charge in [-0.25, -0.2) is 0 Å².